The molecular weight excluding hydrogens is 398 g/mol. The van der Waals surface area contributed by atoms with Gasteiger partial charge in [-0.1, -0.05) is 32.0 Å². The summed E-state index contributed by atoms with van der Waals surface area (Å²) in [6, 6.07) is 12.0. The third kappa shape index (κ3) is 5.04. The van der Waals surface area contributed by atoms with Gasteiger partial charge in [0.2, 0.25) is 11.9 Å². The molecule has 31 heavy (non-hydrogen) atoms. The van der Waals surface area contributed by atoms with E-state index < -0.39 is 23.4 Å². The molecule has 0 aliphatic rings. The summed E-state index contributed by atoms with van der Waals surface area (Å²) in [5.74, 6) is -1.78. The summed E-state index contributed by atoms with van der Waals surface area (Å²) < 4.78 is 0. The number of hydrogen-bond acceptors (Lipinski definition) is 7. The molecule has 2 aromatic heterocycles. The molecule has 0 aliphatic carbocycles. The number of nitrogens with zero attached hydrogens (tertiary/aromatic N) is 2. The summed E-state index contributed by atoms with van der Waals surface area (Å²) >= 11 is 0. The van der Waals surface area contributed by atoms with Gasteiger partial charge in [0, 0.05) is 17.4 Å². The van der Waals surface area contributed by atoms with E-state index >= 15 is 0 Å². The molecule has 2 amide bonds. The van der Waals surface area contributed by atoms with Crippen LogP contribution in [0.15, 0.2) is 53.5 Å². The first-order valence-corrected chi connectivity index (χ1v) is 9.54. The van der Waals surface area contributed by atoms with Crippen LogP contribution >= 0.6 is 0 Å². The van der Waals surface area contributed by atoms with Crippen LogP contribution in [0.2, 0.25) is 0 Å². The lowest BCUT2D eigenvalue weighted by Crippen LogP contribution is -2.40. The average Bonchev–Trinajstić information content (AvgIpc) is 2.72. The first-order valence-electron chi connectivity index (χ1n) is 9.54. The number of pyridine rings is 1. The number of benzene rings is 1. The Kier molecular flexibility index (Phi) is 6.29. The molecule has 0 saturated heterocycles. The Morgan fingerprint density at radius 1 is 1.10 bits per heavy atom. The number of carbonyl (C=O) groups is 2. The second-order valence-electron chi connectivity index (χ2n) is 7.19. The molecule has 2 heterocycles. The fraction of sp³-hybridized carbons (Fsp3) is 0.190. The van der Waals surface area contributed by atoms with Gasteiger partial charge in [0.25, 0.3) is 11.5 Å². The third-order valence-corrected chi connectivity index (χ3v) is 4.52. The molecule has 1 unspecified atom stereocenters. The van der Waals surface area contributed by atoms with Crippen molar-refractivity contribution in [3.05, 3.63) is 64.6 Å². The largest absolute Gasteiger partial charge is 0.368 e. The molecule has 1 aromatic carbocycles. The van der Waals surface area contributed by atoms with E-state index in [4.69, 9.17) is 11.5 Å². The Hall–Kier alpha value is -4.21. The van der Waals surface area contributed by atoms with E-state index in [0.717, 1.165) is 11.3 Å². The smallest absolute Gasteiger partial charge is 0.267 e. The maximum absolute atomic E-state index is 12.5. The number of primary amides is 2. The van der Waals surface area contributed by atoms with Crippen LogP contribution in [0.25, 0.3) is 11.3 Å². The van der Waals surface area contributed by atoms with Crippen LogP contribution in [0, 0.1) is 5.92 Å². The van der Waals surface area contributed by atoms with Crippen molar-refractivity contribution in [2.24, 2.45) is 17.4 Å². The Labute approximate surface area is 178 Å². The standard InChI is InChI=1S/C21H23N7O3/c1-11(2)16(18(23)30)26-21-27-19(15(17(22)29)20(31)28-21)25-13-7-5-6-12(10-13)14-8-3-4-9-24-14/h3-11,16H,1-2H3,(H2,22,29)(H2,23,30)(H3,25,26,27,28,31). The molecule has 0 bridgehead atoms. The second kappa shape index (κ2) is 9.08. The predicted octanol–water partition coefficient (Wildman–Crippen LogP) is 1.60. The number of amides is 2. The summed E-state index contributed by atoms with van der Waals surface area (Å²) in [6.45, 7) is 3.58. The molecule has 0 fully saturated rings. The summed E-state index contributed by atoms with van der Waals surface area (Å²) in [6.07, 6.45) is 1.68. The Morgan fingerprint density at radius 2 is 1.87 bits per heavy atom. The number of nitrogens with one attached hydrogen (secondary N) is 3. The Balaban J connectivity index is 2.00. The summed E-state index contributed by atoms with van der Waals surface area (Å²) in [5.41, 5.74) is 11.9. The first kappa shape index (κ1) is 21.5. The average molecular weight is 421 g/mol. The van der Waals surface area contributed by atoms with E-state index in [-0.39, 0.29) is 23.2 Å². The van der Waals surface area contributed by atoms with Crippen molar-refractivity contribution < 1.29 is 9.59 Å². The number of nitrogens with two attached hydrogens (primary N) is 2. The zero-order chi connectivity index (χ0) is 22.5. The lowest BCUT2D eigenvalue weighted by Gasteiger charge is -2.20. The summed E-state index contributed by atoms with van der Waals surface area (Å²) in [5, 5.41) is 5.77. The molecule has 10 nitrogen and oxygen atoms in total. The minimum Gasteiger partial charge on any atom is -0.368 e. The topological polar surface area (TPSA) is 169 Å². The second-order valence-corrected chi connectivity index (χ2v) is 7.19. The quantitative estimate of drug-likeness (QED) is 0.368. The van der Waals surface area contributed by atoms with E-state index in [1.54, 1.807) is 38.2 Å². The zero-order valence-electron chi connectivity index (χ0n) is 17.0. The highest BCUT2D eigenvalue weighted by molar-refractivity contribution is 5.98. The van der Waals surface area contributed by atoms with Crippen molar-refractivity contribution in [2.45, 2.75) is 19.9 Å². The molecule has 0 radical (unpaired) electrons. The highest BCUT2D eigenvalue weighted by Gasteiger charge is 2.22. The zero-order valence-corrected chi connectivity index (χ0v) is 17.0. The lowest BCUT2D eigenvalue weighted by molar-refractivity contribution is -0.119. The fourth-order valence-corrected chi connectivity index (χ4v) is 3.00. The fourth-order valence-electron chi connectivity index (χ4n) is 3.00. The molecule has 0 saturated carbocycles. The van der Waals surface area contributed by atoms with Crippen molar-refractivity contribution in [3.63, 3.8) is 0 Å². The van der Waals surface area contributed by atoms with Crippen LogP contribution < -0.4 is 27.7 Å². The van der Waals surface area contributed by atoms with Crippen LogP contribution in [0.4, 0.5) is 17.5 Å². The van der Waals surface area contributed by atoms with Gasteiger partial charge in [0.15, 0.2) is 5.82 Å². The van der Waals surface area contributed by atoms with Crippen LogP contribution in [0.5, 0.6) is 0 Å². The summed E-state index contributed by atoms with van der Waals surface area (Å²) in [7, 11) is 0. The van der Waals surface area contributed by atoms with E-state index in [1.807, 2.05) is 24.3 Å². The third-order valence-electron chi connectivity index (χ3n) is 4.52. The number of aromatic nitrogens is 3. The highest BCUT2D eigenvalue weighted by Crippen LogP contribution is 2.24. The van der Waals surface area contributed by atoms with Crippen molar-refractivity contribution in [2.75, 3.05) is 10.6 Å². The van der Waals surface area contributed by atoms with Gasteiger partial charge in [0.1, 0.15) is 11.6 Å². The van der Waals surface area contributed by atoms with Gasteiger partial charge >= 0.3 is 0 Å². The molecule has 10 heteroatoms. The van der Waals surface area contributed by atoms with Crippen molar-refractivity contribution in [3.8, 4) is 11.3 Å². The van der Waals surface area contributed by atoms with Gasteiger partial charge < -0.3 is 22.1 Å². The summed E-state index contributed by atoms with van der Waals surface area (Å²) in [4.78, 5) is 47.1. The minimum absolute atomic E-state index is 0.0177. The Bertz CT molecular complexity index is 1160. The van der Waals surface area contributed by atoms with Crippen molar-refractivity contribution >= 4 is 29.3 Å². The molecule has 3 rings (SSSR count). The lowest BCUT2D eigenvalue weighted by atomic mass is 10.0. The van der Waals surface area contributed by atoms with Crippen LogP contribution in [-0.4, -0.2) is 32.8 Å². The predicted molar refractivity (Wildman–Crippen MR) is 118 cm³/mol. The molecule has 0 aliphatic heterocycles. The molecule has 1 atom stereocenters. The maximum atomic E-state index is 12.5. The molecule has 3 aromatic rings. The minimum atomic E-state index is -0.945. The number of carbonyl (C=O) groups excluding carboxylic acids is 2. The van der Waals surface area contributed by atoms with E-state index in [0.29, 0.717) is 5.69 Å². The van der Waals surface area contributed by atoms with Crippen LogP contribution in [0.1, 0.15) is 24.2 Å². The van der Waals surface area contributed by atoms with Crippen LogP contribution in [-0.2, 0) is 4.79 Å². The normalized spacial score (nSPS) is 11.7. The Morgan fingerprint density at radius 3 is 2.48 bits per heavy atom. The van der Waals surface area contributed by atoms with Gasteiger partial charge in [-0.25, -0.2) is 0 Å². The molecule has 7 N–H and O–H groups in total. The number of hydrogen-bond donors (Lipinski definition) is 5. The van der Waals surface area contributed by atoms with Gasteiger partial charge in [-0.15, -0.1) is 0 Å². The van der Waals surface area contributed by atoms with Crippen LogP contribution in [0.3, 0.4) is 0 Å². The SMILES string of the molecule is CC(C)C(Nc1nc(Nc2cccc(-c3ccccn3)c2)c(C(N)=O)c(=O)[nH]1)C(N)=O. The van der Waals surface area contributed by atoms with Gasteiger partial charge in [-0.2, -0.15) is 4.98 Å². The van der Waals surface area contributed by atoms with E-state index in [9.17, 15) is 14.4 Å². The highest BCUT2D eigenvalue weighted by atomic mass is 16.2. The van der Waals surface area contributed by atoms with Gasteiger partial charge in [-0.05, 0) is 30.2 Å². The molecule has 160 valence electrons. The molecular formula is C21H23N7O3. The van der Waals surface area contributed by atoms with E-state index in [2.05, 4.69) is 25.6 Å². The maximum Gasteiger partial charge on any atom is 0.267 e. The number of H-pyrrole nitrogens is 1. The first-order chi connectivity index (χ1) is 14.8. The molecule has 0 spiro atoms. The monoisotopic (exact) mass is 421 g/mol. The van der Waals surface area contributed by atoms with E-state index in [1.165, 1.54) is 0 Å². The number of rotatable bonds is 8. The van der Waals surface area contributed by atoms with Gasteiger partial charge in [0.05, 0.1) is 5.69 Å². The van der Waals surface area contributed by atoms with Gasteiger partial charge in [-0.3, -0.25) is 24.4 Å². The van der Waals surface area contributed by atoms with Crippen molar-refractivity contribution in [1.82, 2.24) is 15.0 Å². The number of anilines is 3. The van der Waals surface area contributed by atoms with Crippen molar-refractivity contribution in [1.29, 1.82) is 0 Å². The number of aromatic amines is 1.